The lowest BCUT2D eigenvalue weighted by Gasteiger charge is -2.43. The number of imide groups is 1. The monoisotopic (exact) mass is 243 g/mol. The van der Waals surface area contributed by atoms with Crippen LogP contribution in [0.15, 0.2) is 0 Å². The van der Waals surface area contributed by atoms with Gasteiger partial charge in [-0.3, -0.25) is 15.0 Å². The number of urea groups is 1. The highest BCUT2D eigenvalue weighted by atomic mass is 16.3. The highest BCUT2D eigenvalue weighted by Crippen LogP contribution is 2.18. The lowest BCUT2D eigenvalue weighted by Crippen LogP contribution is -2.62. The first kappa shape index (κ1) is 13.9. The first-order valence-electron chi connectivity index (χ1n) is 5.81. The summed E-state index contributed by atoms with van der Waals surface area (Å²) >= 11 is 0. The highest BCUT2D eigenvalue weighted by Gasteiger charge is 2.37. The Morgan fingerprint density at radius 2 is 2.00 bits per heavy atom. The molecule has 3 N–H and O–H groups in total. The minimum absolute atomic E-state index is 0.144. The molecular weight excluding hydrogens is 222 g/mol. The predicted molar refractivity (Wildman–Crippen MR) is 63.4 cm³/mol. The molecular formula is C11H21N3O3. The second-order valence-corrected chi connectivity index (χ2v) is 5.29. The van der Waals surface area contributed by atoms with E-state index in [9.17, 15) is 14.7 Å². The maximum atomic E-state index is 11.4. The second kappa shape index (κ2) is 5.46. The van der Waals surface area contributed by atoms with Gasteiger partial charge >= 0.3 is 6.03 Å². The van der Waals surface area contributed by atoms with Gasteiger partial charge in [0.15, 0.2) is 0 Å². The van der Waals surface area contributed by atoms with Crippen molar-refractivity contribution in [3.63, 3.8) is 0 Å². The first-order chi connectivity index (χ1) is 7.78. The van der Waals surface area contributed by atoms with E-state index >= 15 is 0 Å². The first-order valence-corrected chi connectivity index (χ1v) is 5.81. The number of carbonyl (C=O) groups excluding carboxylic acids is 2. The molecule has 1 aliphatic rings. The molecule has 0 unspecified atom stereocenters. The molecule has 1 saturated heterocycles. The standard InChI is InChI=1S/C11H21N3O3/c1-8(2)4-12-10(16)13-9(15)5-14-6-11(3,17)7-14/h8,17H,4-7H2,1-3H3,(H2,12,13,15,16). The maximum Gasteiger partial charge on any atom is 0.321 e. The third-order valence-corrected chi connectivity index (χ3v) is 2.42. The van der Waals surface area contributed by atoms with Crippen molar-refractivity contribution in [3.05, 3.63) is 0 Å². The normalized spacial score (nSPS) is 18.6. The highest BCUT2D eigenvalue weighted by molar-refractivity contribution is 5.95. The van der Waals surface area contributed by atoms with E-state index in [0.29, 0.717) is 25.6 Å². The van der Waals surface area contributed by atoms with E-state index in [1.165, 1.54) is 0 Å². The van der Waals surface area contributed by atoms with Crippen LogP contribution in [0.3, 0.4) is 0 Å². The van der Waals surface area contributed by atoms with Crippen molar-refractivity contribution < 1.29 is 14.7 Å². The van der Waals surface area contributed by atoms with Crippen LogP contribution in [0.5, 0.6) is 0 Å². The predicted octanol–water partition coefficient (Wildman–Crippen LogP) is -0.465. The van der Waals surface area contributed by atoms with E-state index < -0.39 is 11.6 Å². The summed E-state index contributed by atoms with van der Waals surface area (Å²) in [4.78, 5) is 24.5. The number of hydrogen-bond acceptors (Lipinski definition) is 4. The van der Waals surface area contributed by atoms with Crippen LogP contribution in [-0.4, -0.2) is 53.7 Å². The SMILES string of the molecule is CC(C)CNC(=O)NC(=O)CN1CC(C)(O)C1. The number of nitrogens with zero attached hydrogens (tertiary/aromatic N) is 1. The molecule has 3 amide bonds. The van der Waals surface area contributed by atoms with Gasteiger partial charge in [-0.2, -0.15) is 0 Å². The van der Waals surface area contributed by atoms with Crippen LogP contribution in [0, 0.1) is 5.92 Å². The smallest absolute Gasteiger partial charge is 0.321 e. The zero-order valence-corrected chi connectivity index (χ0v) is 10.6. The van der Waals surface area contributed by atoms with Gasteiger partial charge < -0.3 is 10.4 Å². The molecule has 0 radical (unpaired) electrons. The van der Waals surface area contributed by atoms with Crippen LogP contribution in [0.2, 0.25) is 0 Å². The largest absolute Gasteiger partial charge is 0.388 e. The summed E-state index contributed by atoms with van der Waals surface area (Å²) in [6.07, 6.45) is 0. The van der Waals surface area contributed by atoms with Gasteiger partial charge in [-0.05, 0) is 12.8 Å². The molecule has 1 heterocycles. The molecule has 6 nitrogen and oxygen atoms in total. The topological polar surface area (TPSA) is 81.7 Å². The van der Waals surface area contributed by atoms with Crippen molar-refractivity contribution >= 4 is 11.9 Å². The Labute approximate surface area is 101 Å². The van der Waals surface area contributed by atoms with Gasteiger partial charge in [-0.25, -0.2) is 4.79 Å². The van der Waals surface area contributed by atoms with Gasteiger partial charge in [0.25, 0.3) is 0 Å². The number of rotatable bonds is 4. The Kier molecular flexibility index (Phi) is 4.47. The van der Waals surface area contributed by atoms with Crippen LogP contribution in [0.25, 0.3) is 0 Å². The maximum absolute atomic E-state index is 11.4. The van der Waals surface area contributed by atoms with Crippen LogP contribution in [0.4, 0.5) is 4.79 Å². The fourth-order valence-electron chi connectivity index (χ4n) is 1.74. The summed E-state index contributed by atoms with van der Waals surface area (Å²) in [5.41, 5.74) is -0.694. The quantitative estimate of drug-likeness (QED) is 0.624. The Balaban J connectivity index is 2.15. The number of likely N-dealkylation sites (tertiary alicyclic amines) is 1. The molecule has 0 aromatic heterocycles. The molecule has 98 valence electrons. The summed E-state index contributed by atoms with van der Waals surface area (Å²) in [5, 5.41) is 14.3. The molecule has 1 fully saturated rings. The van der Waals surface area contributed by atoms with Crippen LogP contribution in [-0.2, 0) is 4.79 Å². The average Bonchev–Trinajstić information content (AvgIpc) is 2.11. The lowest BCUT2D eigenvalue weighted by atomic mass is 9.97. The van der Waals surface area contributed by atoms with Crippen molar-refractivity contribution in [1.29, 1.82) is 0 Å². The van der Waals surface area contributed by atoms with Gasteiger partial charge in [0.1, 0.15) is 0 Å². The molecule has 0 aromatic carbocycles. The summed E-state index contributed by atoms with van der Waals surface area (Å²) in [5.74, 6) is 0.00286. The molecule has 6 heteroatoms. The Morgan fingerprint density at radius 3 is 2.47 bits per heavy atom. The van der Waals surface area contributed by atoms with Crippen molar-refractivity contribution in [3.8, 4) is 0 Å². The second-order valence-electron chi connectivity index (χ2n) is 5.29. The average molecular weight is 243 g/mol. The van der Waals surface area contributed by atoms with E-state index in [4.69, 9.17) is 0 Å². The molecule has 17 heavy (non-hydrogen) atoms. The van der Waals surface area contributed by atoms with E-state index in [1.54, 1.807) is 11.8 Å². The van der Waals surface area contributed by atoms with Crippen LogP contribution in [0.1, 0.15) is 20.8 Å². The molecule has 0 atom stereocenters. The van der Waals surface area contributed by atoms with E-state index in [-0.39, 0.29) is 12.5 Å². The fourth-order valence-corrected chi connectivity index (χ4v) is 1.74. The molecule has 0 aliphatic carbocycles. The summed E-state index contributed by atoms with van der Waals surface area (Å²) in [6.45, 7) is 7.29. The van der Waals surface area contributed by atoms with Crippen LogP contribution < -0.4 is 10.6 Å². The molecule has 0 spiro atoms. The zero-order valence-electron chi connectivity index (χ0n) is 10.6. The van der Waals surface area contributed by atoms with E-state index in [2.05, 4.69) is 10.6 Å². The minimum Gasteiger partial charge on any atom is -0.388 e. The summed E-state index contributed by atoms with van der Waals surface area (Å²) in [7, 11) is 0. The number of amides is 3. The molecule has 1 rings (SSSR count). The summed E-state index contributed by atoms with van der Waals surface area (Å²) < 4.78 is 0. The molecule has 1 aliphatic heterocycles. The number of β-amino-alcohol motifs (C(OH)–C–C–N with tert-alkyl or cyclic N) is 1. The van der Waals surface area contributed by atoms with Gasteiger partial charge in [0, 0.05) is 19.6 Å². The number of nitrogens with one attached hydrogen (secondary N) is 2. The Bertz CT molecular complexity index is 294. The molecule has 0 aromatic rings. The Hall–Kier alpha value is -1.14. The van der Waals surface area contributed by atoms with E-state index in [1.807, 2.05) is 13.8 Å². The third kappa shape index (κ3) is 5.14. The zero-order chi connectivity index (χ0) is 13.1. The van der Waals surface area contributed by atoms with Crippen LogP contribution >= 0.6 is 0 Å². The van der Waals surface area contributed by atoms with Gasteiger partial charge in [-0.15, -0.1) is 0 Å². The summed E-state index contributed by atoms with van der Waals surface area (Å²) in [6, 6.07) is -0.462. The van der Waals surface area contributed by atoms with Gasteiger partial charge in [0.05, 0.1) is 12.1 Å². The lowest BCUT2D eigenvalue weighted by molar-refractivity contribution is -0.129. The van der Waals surface area contributed by atoms with E-state index in [0.717, 1.165) is 0 Å². The minimum atomic E-state index is -0.694. The number of carbonyl (C=O) groups is 2. The number of hydrogen-bond donors (Lipinski definition) is 3. The van der Waals surface area contributed by atoms with Gasteiger partial charge in [0.2, 0.25) is 5.91 Å². The van der Waals surface area contributed by atoms with Gasteiger partial charge in [-0.1, -0.05) is 13.8 Å². The van der Waals surface area contributed by atoms with Crippen molar-refractivity contribution in [2.45, 2.75) is 26.4 Å². The third-order valence-electron chi connectivity index (χ3n) is 2.42. The van der Waals surface area contributed by atoms with Crippen molar-refractivity contribution in [1.82, 2.24) is 15.5 Å². The molecule has 0 bridgehead atoms. The fraction of sp³-hybridized carbons (Fsp3) is 0.818. The van der Waals surface area contributed by atoms with Crippen molar-refractivity contribution in [2.24, 2.45) is 5.92 Å². The number of aliphatic hydroxyl groups is 1. The Morgan fingerprint density at radius 1 is 1.41 bits per heavy atom. The molecule has 0 saturated carbocycles. The van der Waals surface area contributed by atoms with Crippen molar-refractivity contribution in [2.75, 3.05) is 26.2 Å².